The van der Waals surface area contributed by atoms with E-state index in [2.05, 4.69) is 45.4 Å². The largest absolute Gasteiger partial charge is 0.357 e. The number of halogens is 1. The molecular weight excluding hydrogens is 447 g/mol. The Labute approximate surface area is 173 Å². The summed E-state index contributed by atoms with van der Waals surface area (Å²) in [6, 6.07) is 4.26. The summed E-state index contributed by atoms with van der Waals surface area (Å²) in [5.41, 5.74) is -0.351. The fourth-order valence-electron chi connectivity index (χ4n) is 2.05. The number of nitrogens with zero attached hydrogens (tertiary/aromatic N) is 1. The van der Waals surface area contributed by atoms with Crippen molar-refractivity contribution >= 4 is 47.2 Å². The zero-order valence-corrected chi connectivity index (χ0v) is 19.2. The van der Waals surface area contributed by atoms with Crippen LogP contribution < -0.4 is 16.0 Å². The van der Waals surface area contributed by atoms with Gasteiger partial charge < -0.3 is 16.0 Å². The van der Waals surface area contributed by atoms with Gasteiger partial charge in [-0.05, 0) is 30.7 Å². The minimum absolute atomic E-state index is 0. The van der Waals surface area contributed by atoms with Crippen LogP contribution in [0.25, 0.3) is 0 Å². The molecule has 5 nitrogen and oxygen atoms in total. The van der Waals surface area contributed by atoms with Crippen LogP contribution in [0.15, 0.2) is 22.5 Å². The number of guanidine groups is 1. The quantitative estimate of drug-likeness (QED) is 0.232. The molecule has 1 heterocycles. The number of aliphatic imine (C=N–C) groups is 1. The highest BCUT2D eigenvalue weighted by Gasteiger charge is 2.20. The number of nitrogens with one attached hydrogen (secondary N) is 3. The topological polar surface area (TPSA) is 65.5 Å². The molecule has 0 aliphatic heterocycles. The highest BCUT2D eigenvalue weighted by molar-refractivity contribution is 14.0. The molecule has 3 N–H and O–H groups in total. The second kappa shape index (κ2) is 12.5. The maximum atomic E-state index is 11.8. The summed E-state index contributed by atoms with van der Waals surface area (Å²) >= 11 is 1.80. The number of thiophene rings is 1. The van der Waals surface area contributed by atoms with Crippen molar-refractivity contribution in [3.8, 4) is 0 Å². The van der Waals surface area contributed by atoms with E-state index in [1.807, 2.05) is 27.7 Å². The molecule has 0 aliphatic carbocycles. The molecule has 1 unspecified atom stereocenters. The van der Waals surface area contributed by atoms with Gasteiger partial charge in [0, 0.05) is 36.5 Å². The normalized spacial score (nSPS) is 12.9. The van der Waals surface area contributed by atoms with Crippen LogP contribution in [0, 0.1) is 11.3 Å². The summed E-state index contributed by atoms with van der Waals surface area (Å²) in [5.74, 6) is 1.37. The van der Waals surface area contributed by atoms with Gasteiger partial charge in [-0.1, -0.05) is 33.8 Å². The van der Waals surface area contributed by atoms with Crippen LogP contribution in [-0.2, 0) is 11.2 Å². The van der Waals surface area contributed by atoms with Crippen LogP contribution >= 0.6 is 35.3 Å². The molecule has 1 aromatic rings. The van der Waals surface area contributed by atoms with Crippen LogP contribution in [0.2, 0.25) is 0 Å². The Kier molecular flexibility index (Phi) is 12.1. The first-order valence-corrected chi connectivity index (χ1v) is 9.53. The van der Waals surface area contributed by atoms with Crippen molar-refractivity contribution in [2.45, 2.75) is 41.0 Å². The predicted octanol–water partition coefficient (Wildman–Crippen LogP) is 3.26. The van der Waals surface area contributed by atoms with Gasteiger partial charge in [0.05, 0.1) is 0 Å². The molecule has 0 spiro atoms. The molecule has 144 valence electrons. The van der Waals surface area contributed by atoms with Crippen molar-refractivity contribution in [2.75, 3.05) is 26.2 Å². The summed E-state index contributed by atoms with van der Waals surface area (Å²) in [4.78, 5) is 17.9. The van der Waals surface area contributed by atoms with Gasteiger partial charge in [0.1, 0.15) is 0 Å². The van der Waals surface area contributed by atoms with Crippen molar-refractivity contribution < 1.29 is 4.79 Å². The van der Waals surface area contributed by atoms with Crippen molar-refractivity contribution in [1.29, 1.82) is 0 Å². The van der Waals surface area contributed by atoms with Crippen molar-refractivity contribution in [1.82, 2.24) is 16.0 Å². The molecule has 1 rings (SSSR count). The molecule has 0 saturated heterocycles. The van der Waals surface area contributed by atoms with Crippen LogP contribution in [0.5, 0.6) is 0 Å². The molecule has 1 amide bonds. The molecule has 0 saturated carbocycles. The molecule has 1 atom stereocenters. The minimum atomic E-state index is -0.351. The molecule has 0 aromatic carbocycles. The molecule has 1 aromatic heterocycles. The third-order valence-electron chi connectivity index (χ3n) is 3.42. The first kappa shape index (κ1) is 24.2. The lowest BCUT2D eigenvalue weighted by Crippen LogP contribution is -2.43. The van der Waals surface area contributed by atoms with Crippen LogP contribution in [0.1, 0.15) is 39.5 Å². The Bertz CT molecular complexity index is 512. The Morgan fingerprint density at radius 2 is 1.92 bits per heavy atom. The Balaban J connectivity index is 0.00000576. The fourth-order valence-corrected chi connectivity index (χ4v) is 2.92. The zero-order chi connectivity index (χ0) is 18.0. The van der Waals surface area contributed by atoms with Crippen LogP contribution in [0.4, 0.5) is 0 Å². The van der Waals surface area contributed by atoms with E-state index in [0.29, 0.717) is 19.0 Å². The molecule has 0 radical (unpaired) electrons. The molecule has 0 aliphatic rings. The second-order valence-electron chi connectivity index (χ2n) is 7.04. The maximum Gasteiger partial charge on any atom is 0.225 e. The van der Waals surface area contributed by atoms with Gasteiger partial charge in [-0.15, -0.1) is 35.3 Å². The number of carbonyl (C=O) groups is 1. The first-order chi connectivity index (χ1) is 11.3. The fraction of sp³-hybridized carbons (Fsp3) is 0.667. The van der Waals surface area contributed by atoms with Gasteiger partial charge in [-0.2, -0.15) is 0 Å². The van der Waals surface area contributed by atoms with Gasteiger partial charge in [0.15, 0.2) is 5.96 Å². The standard InChI is InChI=1S/C18H32N4OS.HI/c1-6-19-17(21-10-9-20-16(23)18(3,4)5)22-13-14(2)12-15-8-7-11-24-15;/h7-8,11,14H,6,9-10,12-13H2,1-5H3,(H,20,23)(H2,19,21,22);1H. The lowest BCUT2D eigenvalue weighted by molar-refractivity contribution is -0.128. The number of hydrogen-bond donors (Lipinski definition) is 3. The van der Waals surface area contributed by atoms with E-state index in [1.54, 1.807) is 11.3 Å². The van der Waals surface area contributed by atoms with Gasteiger partial charge in [0.2, 0.25) is 5.91 Å². The third-order valence-corrected chi connectivity index (χ3v) is 4.32. The number of hydrogen-bond acceptors (Lipinski definition) is 3. The predicted molar refractivity (Wildman–Crippen MR) is 119 cm³/mol. The average molecular weight is 480 g/mol. The molecular formula is C18H33IN4OS. The van der Waals surface area contributed by atoms with E-state index < -0.39 is 0 Å². The van der Waals surface area contributed by atoms with Gasteiger partial charge in [-0.3, -0.25) is 9.79 Å². The summed E-state index contributed by atoms with van der Waals surface area (Å²) in [7, 11) is 0. The van der Waals surface area contributed by atoms with Crippen LogP contribution in [0.3, 0.4) is 0 Å². The molecule has 25 heavy (non-hydrogen) atoms. The van der Waals surface area contributed by atoms with E-state index in [1.165, 1.54) is 4.88 Å². The second-order valence-corrected chi connectivity index (χ2v) is 8.07. The number of carbonyl (C=O) groups excluding carboxylic acids is 1. The Morgan fingerprint density at radius 3 is 2.48 bits per heavy atom. The lowest BCUT2D eigenvalue weighted by atomic mass is 9.96. The van der Waals surface area contributed by atoms with E-state index in [-0.39, 0.29) is 35.3 Å². The molecule has 0 fully saturated rings. The highest BCUT2D eigenvalue weighted by atomic mass is 127. The summed E-state index contributed by atoms with van der Waals surface area (Å²) < 4.78 is 0. The van der Waals surface area contributed by atoms with Crippen LogP contribution in [-0.4, -0.2) is 38.0 Å². The van der Waals surface area contributed by atoms with Crippen molar-refractivity contribution in [2.24, 2.45) is 16.3 Å². The Hall–Kier alpha value is -0.830. The highest BCUT2D eigenvalue weighted by Crippen LogP contribution is 2.14. The summed E-state index contributed by atoms with van der Waals surface area (Å²) in [6.45, 7) is 12.9. The van der Waals surface area contributed by atoms with Gasteiger partial charge >= 0.3 is 0 Å². The van der Waals surface area contributed by atoms with E-state index in [9.17, 15) is 4.79 Å². The van der Waals surface area contributed by atoms with E-state index in [4.69, 9.17) is 0 Å². The zero-order valence-electron chi connectivity index (χ0n) is 16.0. The number of amides is 1. The number of rotatable bonds is 8. The Morgan fingerprint density at radius 1 is 1.24 bits per heavy atom. The third kappa shape index (κ3) is 10.7. The minimum Gasteiger partial charge on any atom is -0.357 e. The summed E-state index contributed by atoms with van der Waals surface area (Å²) in [5, 5.41) is 11.6. The van der Waals surface area contributed by atoms with Gasteiger partial charge in [0.25, 0.3) is 0 Å². The monoisotopic (exact) mass is 480 g/mol. The smallest absolute Gasteiger partial charge is 0.225 e. The van der Waals surface area contributed by atoms with E-state index >= 15 is 0 Å². The van der Waals surface area contributed by atoms with Gasteiger partial charge in [-0.25, -0.2) is 0 Å². The summed E-state index contributed by atoms with van der Waals surface area (Å²) in [6.07, 6.45) is 1.06. The van der Waals surface area contributed by atoms with E-state index in [0.717, 1.165) is 25.5 Å². The van der Waals surface area contributed by atoms with Crippen molar-refractivity contribution in [3.63, 3.8) is 0 Å². The SMILES string of the molecule is CCNC(=NCC(C)Cc1cccs1)NCCNC(=O)C(C)(C)C.I. The molecule has 0 bridgehead atoms. The lowest BCUT2D eigenvalue weighted by Gasteiger charge is -2.18. The van der Waals surface area contributed by atoms with Crippen molar-refractivity contribution in [3.05, 3.63) is 22.4 Å². The first-order valence-electron chi connectivity index (χ1n) is 8.65. The maximum absolute atomic E-state index is 11.8. The molecule has 7 heteroatoms. The average Bonchev–Trinajstić information content (AvgIpc) is 3.00.